The van der Waals surface area contributed by atoms with E-state index in [0.717, 1.165) is 32.1 Å². The van der Waals surface area contributed by atoms with Gasteiger partial charge in [-0.05, 0) is 41.3 Å². The maximum Gasteiger partial charge on any atom is 0.359 e. The number of hydrogen-bond acceptors (Lipinski definition) is 3. The topological polar surface area (TPSA) is 35.5 Å². The van der Waals surface area contributed by atoms with Crippen LogP contribution in [0.5, 0.6) is 0 Å². The lowest BCUT2D eigenvalue weighted by Gasteiger charge is -2.43. The second-order valence-electron chi connectivity index (χ2n) is 11.4. The van der Waals surface area contributed by atoms with E-state index in [1.807, 2.05) is 0 Å². The minimum Gasteiger partial charge on any atom is -0.453 e. The summed E-state index contributed by atoms with van der Waals surface area (Å²) >= 11 is 36.6. The average molecular weight is 715 g/mol. The number of rotatable bonds is 16. The standard InChI is InChI=1S/C32H42Cl6O3Si/c1-5-17-27(41-30(39)32(36,37)38)29(35)28(34)26(33)22-15-7-6-8-16-23-40-42(31(2,3)4,24-18-11-9-12-19-24)25-20-13-10-14-21-25/h5,9-14,17-21,26-29H,6-8,15-16,22-23H2,1-4H3/b17-5+/t26-,27-,28+,29+/m1/s1. The number of benzene rings is 2. The summed E-state index contributed by atoms with van der Waals surface area (Å²) in [4.78, 5) is 12.0. The van der Waals surface area contributed by atoms with Crippen molar-refractivity contribution in [3.05, 3.63) is 72.8 Å². The highest BCUT2D eigenvalue weighted by Gasteiger charge is 2.50. The van der Waals surface area contributed by atoms with Gasteiger partial charge in [0.15, 0.2) is 0 Å². The first-order valence-electron chi connectivity index (χ1n) is 14.3. The maximum absolute atomic E-state index is 12.0. The summed E-state index contributed by atoms with van der Waals surface area (Å²) in [6.45, 7) is 9.36. The highest BCUT2D eigenvalue weighted by Crippen LogP contribution is 2.37. The maximum atomic E-state index is 12.0. The number of alkyl halides is 6. The van der Waals surface area contributed by atoms with Gasteiger partial charge < -0.3 is 9.16 Å². The van der Waals surface area contributed by atoms with Crippen LogP contribution in [0.25, 0.3) is 0 Å². The van der Waals surface area contributed by atoms with Crippen molar-refractivity contribution >= 4 is 94.3 Å². The molecular formula is C32H42Cl6O3Si. The van der Waals surface area contributed by atoms with Gasteiger partial charge in [0, 0.05) is 6.61 Å². The van der Waals surface area contributed by atoms with Gasteiger partial charge in [-0.3, -0.25) is 0 Å². The van der Waals surface area contributed by atoms with Crippen LogP contribution < -0.4 is 10.4 Å². The van der Waals surface area contributed by atoms with Crippen molar-refractivity contribution in [1.29, 1.82) is 0 Å². The average Bonchev–Trinajstić information content (AvgIpc) is 2.95. The monoisotopic (exact) mass is 712 g/mol. The van der Waals surface area contributed by atoms with Crippen molar-refractivity contribution < 1.29 is 14.0 Å². The Labute approximate surface area is 283 Å². The van der Waals surface area contributed by atoms with E-state index in [1.165, 1.54) is 10.4 Å². The molecule has 0 N–H and O–H groups in total. The molecule has 0 amide bonds. The van der Waals surface area contributed by atoms with Crippen molar-refractivity contribution in [3.8, 4) is 0 Å². The van der Waals surface area contributed by atoms with Gasteiger partial charge in [0.25, 0.3) is 12.1 Å². The molecule has 0 spiro atoms. The van der Waals surface area contributed by atoms with Gasteiger partial charge in [0.2, 0.25) is 0 Å². The first-order valence-corrected chi connectivity index (χ1v) is 18.7. The Morgan fingerprint density at radius 2 is 1.31 bits per heavy atom. The van der Waals surface area contributed by atoms with E-state index >= 15 is 0 Å². The van der Waals surface area contributed by atoms with Crippen LogP contribution in [-0.4, -0.2) is 46.9 Å². The zero-order valence-corrected chi connectivity index (χ0v) is 30.2. The molecule has 0 aromatic heterocycles. The van der Waals surface area contributed by atoms with Gasteiger partial charge >= 0.3 is 5.97 Å². The summed E-state index contributed by atoms with van der Waals surface area (Å²) < 4.78 is 10.0. The zero-order valence-electron chi connectivity index (χ0n) is 24.7. The number of unbranched alkanes of at least 4 members (excludes halogenated alkanes) is 4. The number of ether oxygens (including phenoxy) is 1. The Hall–Kier alpha value is -0.433. The molecule has 2 aromatic carbocycles. The van der Waals surface area contributed by atoms with Crippen LogP contribution >= 0.6 is 69.6 Å². The second-order valence-corrected chi connectivity index (χ2v) is 19.5. The largest absolute Gasteiger partial charge is 0.453 e. The molecule has 0 aliphatic heterocycles. The predicted octanol–water partition coefficient (Wildman–Crippen LogP) is 9.58. The van der Waals surface area contributed by atoms with E-state index in [9.17, 15) is 4.79 Å². The lowest BCUT2D eigenvalue weighted by atomic mass is 10.0. The van der Waals surface area contributed by atoms with Gasteiger partial charge in [-0.25, -0.2) is 4.79 Å². The van der Waals surface area contributed by atoms with Crippen molar-refractivity contribution in [3.63, 3.8) is 0 Å². The molecule has 0 aliphatic rings. The molecule has 2 rings (SSSR count). The van der Waals surface area contributed by atoms with Crippen LogP contribution in [0.2, 0.25) is 5.04 Å². The summed E-state index contributed by atoms with van der Waals surface area (Å²) in [5, 5.41) is 0.701. The normalized spacial score (nSPS) is 15.8. The molecule has 4 atom stereocenters. The van der Waals surface area contributed by atoms with E-state index < -0.39 is 40.3 Å². The van der Waals surface area contributed by atoms with Crippen LogP contribution in [0.4, 0.5) is 0 Å². The van der Waals surface area contributed by atoms with Crippen LogP contribution in [0.1, 0.15) is 66.2 Å². The molecule has 0 unspecified atom stereocenters. The van der Waals surface area contributed by atoms with Crippen molar-refractivity contribution in [2.24, 2.45) is 0 Å². The number of hydrogen-bond donors (Lipinski definition) is 0. The Morgan fingerprint density at radius 1 is 0.810 bits per heavy atom. The van der Waals surface area contributed by atoms with Crippen molar-refractivity contribution in [1.82, 2.24) is 0 Å². The van der Waals surface area contributed by atoms with Gasteiger partial charge in [0.05, 0.1) is 16.1 Å². The van der Waals surface area contributed by atoms with Crippen molar-refractivity contribution in [2.45, 2.75) is 97.3 Å². The smallest absolute Gasteiger partial charge is 0.359 e. The van der Waals surface area contributed by atoms with Gasteiger partial charge in [0.1, 0.15) is 6.10 Å². The summed E-state index contributed by atoms with van der Waals surface area (Å²) in [5.41, 5.74) is 0. The fourth-order valence-corrected chi connectivity index (χ4v) is 10.8. The molecule has 234 valence electrons. The van der Waals surface area contributed by atoms with E-state index in [2.05, 4.69) is 81.4 Å². The third-order valence-corrected chi connectivity index (χ3v) is 14.5. The second kappa shape index (κ2) is 17.9. The van der Waals surface area contributed by atoms with Gasteiger partial charge in [-0.15, -0.1) is 34.8 Å². The van der Waals surface area contributed by atoms with Crippen LogP contribution in [0.15, 0.2) is 72.8 Å². The molecule has 0 saturated heterocycles. The Bertz CT molecular complexity index is 1050. The molecule has 0 bridgehead atoms. The van der Waals surface area contributed by atoms with Gasteiger partial charge in [-0.2, -0.15) is 0 Å². The molecule has 42 heavy (non-hydrogen) atoms. The molecule has 0 fully saturated rings. The lowest BCUT2D eigenvalue weighted by Crippen LogP contribution is -2.66. The summed E-state index contributed by atoms with van der Waals surface area (Å²) in [5.74, 6) is -1.02. The van der Waals surface area contributed by atoms with E-state index in [4.69, 9.17) is 78.8 Å². The molecule has 0 saturated carbocycles. The van der Waals surface area contributed by atoms with E-state index in [0.29, 0.717) is 13.0 Å². The van der Waals surface area contributed by atoms with Crippen LogP contribution in [0.3, 0.4) is 0 Å². The molecule has 0 heterocycles. The Kier molecular flexibility index (Phi) is 16.1. The quantitative estimate of drug-likeness (QED) is 0.0571. The number of carbonyl (C=O) groups excluding carboxylic acids is 1. The lowest BCUT2D eigenvalue weighted by molar-refractivity contribution is -0.145. The Morgan fingerprint density at radius 3 is 1.79 bits per heavy atom. The highest BCUT2D eigenvalue weighted by atomic mass is 35.6. The number of halogens is 6. The number of allylic oxidation sites excluding steroid dienone is 1. The molecule has 0 aliphatic carbocycles. The minimum atomic E-state index is -2.50. The molecule has 2 aromatic rings. The zero-order chi connectivity index (χ0) is 31.4. The molecule has 3 nitrogen and oxygen atoms in total. The molecular weight excluding hydrogens is 673 g/mol. The van der Waals surface area contributed by atoms with Gasteiger partial charge in [-0.1, -0.05) is 148 Å². The Balaban J connectivity index is 1.86. The summed E-state index contributed by atoms with van der Waals surface area (Å²) in [6.07, 6.45) is 8.11. The van der Waals surface area contributed by atoms with Crippen LogP contribution in [-0.2, 0) is 14.0 Å². The van der Waals surface area contributed by atoms with E-state index in [-0.39, 0.29) is 5.04 Å². The first kappa shape index (κ1) is 37.8. The third-order valence-electron chi connectivity index (χ3n) is 7.18. The number of esters is 1. The molecule has 10 heteroatoms. The van der Waals surface area contributed by atoms with Crippen molar-refractivity contribution in [2.75, 3.05) is 6.61 Å². The number of carbonyl (C=O) groups is 1. The predicted molar refractivity (Wildman–Crippen MR) is 185 cm³/mol. The summed E-state index contributed by atoms with van der Waals surface area (Å²) in [7, 11) is -2.50. The third kappa shape index (κ3) is 10.9. The fraction of sp³-hybridized carbons (Fsp3) is 0.531. The van der Waals surface area contributed by atoms with Crippen LogP contribution in [0, 0.1) is 0 Å². The fourth-order valence-electron chi connectivity index (χ4n) is 5.09. The SMILES string of the molecule is C/C=C/[C@@H](OC(=O)C(Cl)(Cl)Cl)[C@H](Cl)[C@@H](Cl)[C@H](Cl)CCCCCCCO[Si](c1ccccc1)(c1ccccc1)C(C)(C)C. The first-order chi connectivity index (χ1) is 19.8. The minimum absolute atomic E-state index is 0.0330. The summed E-state index contributed by atoms with van der Waals surface area (Å²) in [6, 6.07) is 21.4. The highest BCUT2D eigenvalue weighted by molar-refractivity contribution is 6.99. The van der Waals surface area contributed by atoms with E-state index in [1.54, 1.807) is 19.1 Å². The molecule has 0 radical (unpaired) electrons.